The first kappa shape index (κ1) is 24.9. The molecule has 3 heterocycles. The molecule has 2 aromatic carbocycles. The molecule has 1 aliphatic rings. The molecule has 7 nitrogen and oxygen atoms in total. The topological polar surface area (TPSA) is 87.5 Å². The first-order chi connectivity index (χ1) is 18.6. The number of pyridine rings is 1. The number of hydrogen-bond acceptors (Lipinski definition) is 5. The maximum Gasteiger partial charge on any atom is 0.253 e. The lowest BCUT2D eigenvalue weighted by atomic mass is 10.00. The molecule has 0 aliphatic carbocycles. The Morgan fingerprint density at radius 3 is 2.58 bits per heavy atom. The Hall–Kier alpha value is -4.78. The SMILES string of the molecule is C=C/C=C(\C=C/N)N1CCN(C(=O)c2cccc(-c3cnc4[nH]cc(-c5ccccc5OC)c4c3)c2)CC1. The monoisotopic (exact) mass is 505 g/mol. The predicted octanol–water partition coefficient (Wildman–Crippen LogP) is 5.21. The zero-order valence-electron chi connectivity index (χ0n) is 21.4. The third-order valence-corrected chi connectivity index (χ3v) is 6.86. The minimum atomic E-state index is 0.0282. The molecule has 0 saturated carbocycles. The molecule has 5 rings (SSSR count). The maximum atomic E-state index is 13.4. The number of H-pyrrole nitrogens is 1. The van der Waals surface area contributed by atoms with E-state index in [1.165, 1.54) is 6.20 Å². The van der Waals surface area contributed by atoms with Crippen LogP contribution in [-0.4, -0.2) is 59.0 Å². The Labute approximate surface area is 222 Å². The van der Waals surface area contributed by atoms with E-state index in [0.717, 1.165) is 57.8 Å². The summed E-state index contributed by atoms with van der Waals surface area (Å²) in [6.45, 7) is 6.51. The van der Waals surface area contributed by atoms with E-state index < -0.39 is 0 Å². The molecule has 192 valence electrons. The summed E-state index contributed by atoms with van der Waals surface area (Å²) in [4.78, 5) is 25.4. The van der Waals surface area contributed by atoms with Crippen molar-refractivity contribution in [1.82, 2.24) is 19.8 Å². The summed E-state index contributed by atoms with van der Waals surface area (Å²) in [5.74, 6) is 0.832. The van der Waals surface area contributed by atoms with E-state index in [4.69, 9.17) is 10.5 Å². The van der Waals surface area contributed by atoms with Gasteiger partial charge in [-0.2, -0.15) is 0 Å². The van der Waals surface area contributed by atoms with E-state index in [9.17, 15) is 4.79 Å². The van der Waals surface area contributed by atoms with E-state index in [-0.39, 0.29) is 5.91 Å². The molecule has 0 unspecified atom stereocenters. The number of piperazine rings is 1. The second-order valence-corrected chi connectivity index (χ2v) is 9.07. The average molecular weight is 506 g/mol. The van der Waals surface area contributed by atoms with E-state index in [1.54, 1.807) is 13.2 Å². The average Bonchev–Trinajstić information content (AvgIpc) is 3.40. The van der Waals surface area contributed by atoms with Crippen molar-refractivity contribution in [3.05, 3.63) is 109 Å². The van der Waals surface area contributed by atoms with Crippen molar-refractivity contribution in [3.63, 3.8) is 0 Å². The Morgan fingerprint density at radius 2 is 1.82 bits per heavy atom. The lowest BCUT2D eigenvalue weighted by Gasteiger charge is -2.36. The van der Waals surface area contributed by atoms with Crippen LogP contribution in [0.15, 0.2) is 104 Å². The summed E-state index contributed by atoms with van der Waals surface area (Å²) in [7, 11) is 1.67. The minimum absolute atomic E-state index is 0.0282. The molecule has 1 fully saturated rings. The van der Waals surface area contributed by atoms with Gasteiger partial charge >= 0.3 is 0 Å². The van der Waals surface area contributed by atoms with Crippen molar-refractivity contribution < 1.29 is 9.53 Å². The molecular weight excluding hydrogens is 474 g/mol. The number of carbonyl (C=O) groups is 1. The summed E-state index contributed by atoms with van der Waals surface area (Å²) in [5, 5.41) is 0.995. The van der Waals surface area contributed by atoms with E-state index >= 15 is 0 Å². The molecule has 0 atom stereocenters. The van der Waals surface area contributed by atoms with Gasteiger partial charge in [-0.05, 0) is 48.2 Å². The highest BCUT2D eigenvalue weighted by molar-refractivity contribution is 5.98. The Bertz CT molecular complexity index is 1530. The van der Waals surface area contributed by atoms with Crippen molar-refractivity contribution >= 4 is 16.9 Å². The number of amides is 1. The van der Waals surface area contributed by atoms with Crippen LogP contribution in [0.1, 0.15) is 10.4 Å². The molecule has 2 aromatic heterocycles. The highest BCUT2D eigenvalue weighted by Gasteiger charge is 2.23. The largest absolute Gasteiger partial charge is 0.496 e. The van der Waals surface area contributed by atoms with Crippen LogP contribution in [0.3, 0.4) is 0 Å². The number of nitrogens with two attached hydrogens (primary N) is 1. The van der Waals surface area contributed by atoms with Gasteiger partial charge in [0.2, 0.25) is 0 Å². The van der Waals surface area contributed by atoms with Gasteiger partial charge in [-0.15, -0.1) is 0 Å². The van der Waals surface area contributed by atoms with Crippen LogP contribution < -0.4 is 10.5 Å². The number of aromatic amines is 1. The highest BCUT2D eigenvalue weighted by atomic mass is 16.5. The van der Waals surface area contributed by atoms with Crippen LogP contribution in [0, 0.1) is 0 Å². The van der Waals surface area contributed by atoms with Gasteiger partial charge in [0.05, 0.1) is 7.11 Å². The zero-order chi connectivity index (χ0) is 26.5. The van der Waals surface area contributed by atoms with Gasteiger partial charge in [0.25, 0.3) is 5.91 Å². The number of ether oxygens (including phenoxy) is 1. The van der Waals surface area contributed by atoms with Crippen molar-refractivity contribution in [1.29, 1.82) is 0 Å². The molecule has 4 aromatic rings. The number of rotatable bonds is 7. The van der Waals surface area contributed by atoms with Gasteiger partial charge < -0.3 is 25.3 Å². The number of carbonyl (C=O) groups excluding carboxylic acids is 1. The van der Waals surface area contributed by atoms with E-state index in [0.29, 0.717) is 18.7 Å². The number of hydrogen-bond donors (Lipinski definition) is 2. The molecule has 0 spiro atoms. The summed E-state index contributed by atoms with van der Waals surface area (Å²) >= 11 is 0. The Morgan fingerprint density at radius 1 is 1.03 bits per heavy atom. The van der Waals surface area contributed by atoms with Gasteiger partial charge in [0, 0.05) is 71.9 Å². The molecule has 0 bridgehead atoms. The molecule has 1 saturated heterocycles. The number of benzene rings is 2. The fraction of sp³-hybridized carbons (Fsp3) is 0.161. The molecule has 7 heteroatoms. The number of para-hydroxylation sites is 1. The fourth-order valence-corrected chi connectivity index (χ4v) is 4.92. The minimum Gasteiger partial charge on any atom is -0.496 e. The molecule has 38 heavy (non-hydrogen) atoms. The van der Waals surface area contributed by atoms with Crippen LogP contribution in [0.4, 0.5) is 0 Å². The Kier molecular flexibility index (Phi) is 7.26. The van der Waals surface area contributed by atoms with Crippen LogP contribution in [0.2, 0.25) is 0 Å². The molecule has 1 aliphatic heterocycles. The summed E-state index contributed by atoms with van der Waals surface area (Å²) in [6, 6.07) is 17.8. The van der Waals surface area contributed by atoms with Gasteiger partial charge in [-0.3, -0.25) is 4.79 Å². The second-order valence-electron chi connectivity index (χ2n) is 9.07. The highest BCUT2D eigenvalue weighted by Crippen LogP contribution is 2.36. The molecular formula is C31H31N5O2. The van der Waals surface area contributed by atoms with Gasteiger partial charge in [-0.1, -0.05) is 43.0 Å². The van der Waals surface area contributed by atoms with Crippen LogP contribution in [-0.2, 0) is 0 Å². The zero-order valence-corrected chi connectivity index (χ0v) is 21.4. The summed E-state index contributed by atoms with van der Waals surface area (Å²) < 4.78 is 5.58. The molecule has 1 amide bonds. The second kappa shape index (κ2) is 11.1. The van der Waals surface area contributed by atoms with Crippen molar-refractivity contribution in [2.75, 3.05) is 33.3 Å². The van der Waals surface area contributed by atoms with Gasteiger partial charge in [-0.25, -0.2) is 4.98 Å². The van der Waals surface area contributed by atoms with Crippen molar-refractivity contribution in [3.8, 4) is 28.0 Å². The predicted molar refractivity (Wildman–Crippen MR) is 153 cm³/mol. The van der Waals surface area contributed by atoms with Gasteiger partial charge in [0.1, 0.15) is 11.4 Å². The smallest absolute Gasteiger partial charge is 0.253 e. The quantitative estimate of drug-likeness (QED) is 0.337. The first-order valence-electron chi connectivity index (χ1n) is 12.6. The Balaban J connectivity index is 1.38. The molecule has 3 N–H and O–H groups in total. The maximum absolute atomic E-state index is 13.4. The normalized spacial score (nSPS) is 14.3. The number of aromatic nitrogens is 2. The van der Waals surface area contributed by atoms with Crippen molar-refractivity contribution in [2.45, 2.75) is 0 Å². The molecule has 0 radical (unpaired) electrons. The number of allylic oxidation sites excluding steroid dienone is 3. The third kappa shape index (κ3) is 4.91. The first-order valence-corrected chi connectivity index (χ1v) is 12.6. The third-order valence-electron chi connectivity index (χ3n) is 6.86. The summed E-state index contributed by atoms with van der Waals surface area (Å²) in [6.07, 6.45) is 10.9. The lowest BCUT2D eigenvalue weighted by molar-refractivity contribution is 0.0672. The standard InChI is InChI=1S/C31H31N5O2/c1-3-7-25(12-13-32)35-14-16-36(17-15-35)31(37)23-9-6-8-22(18-23)24-19-27-28(21-34-30(27)33-20-24)26-10-4-5-11-29(26)38-2/h3-13,18-21H,1,14-17,32H2,2H3,(H,33,34)/b13-12-,25-7+. The fourth-order valence-electron chi connectivity index (χ4n) is 4.92. The van der Waals surface area contributed by atoms with E-state index in [2.05, 4.69) is 27.5 Å². The van der Waals surface area contributed by atoms with Crippen LogP contribution in [0.25, 0.3) is 33.3 Å². The number of fused-ring (bicyclic) bond motifs is 1. The lowest BCUT2D eigenvalue weighted by Crippen LogP contribution is -2.48. The number of methoxy groups -OCH3 is 1. The van der Waals surface area contributed by atoms with E-state index in [1.807, 2.05) is 78.0 Å². The number of nitrogens with one attached hydrogen (secondary N) is 1. The van der Waals surface area contributed by atoms with Crippen LogP contribution >= 0.6 is 0 Å². The summed E-state index contributed by atoms with van der Waals surface area (Å²) in [5.41, 5.74) is 12.0. The van der Waals surface area contributed by atoms with Crippen molar-refractivity contribution in [2.24, 2.45) is 5.73 Å². The van der Waals surface area contributed by atoms with Crippen LogP contribution in [0.5, 0.6) is 5.75 Å². The number of nitrogens with zero attached hydrogens (tertiary/aromatic N) is 3. The van der Waals surface area contributed by atoms with Gasteiger partial charge in [0.15, 0.2) is 0 Å².